The number of anilines is 4. The fourth-order valence-electron chi connectivity index (χ4n) is 5.16. The van der Waals surface area contributed by atoms with E-state index in [0.717, 1.165) is 25.2 Å². The quantitative estimate of drug-likeness (QED) is 0.332. The second-order valence-electron chi connectivity index (χ2n) is 11.4. The molecule has 5 rings (SSSR count). The number of carbonyl (C=O) groups excluding carboxylic acids is 1. The van der Waals surface area contributed by atoms with E-state index in [2.05, 4.69) is 38.0 Å². The van der Waals surface area contributed by atoms with Crippen LogP contribution < -0.4 is 19.8 Å². The molecule has 2 fully saturated rings. The number of benzene rings is 1. The molecule has 3 N–H and O–H groups in total. The molecule has 2 aliphatic rings. The maximum absolute atomic E-state index is 13.8. The summed E-state index contributed by atoms with van der Waals surface area (Å²) in [4.78, 5) is 26.5. The van der Waals surface area contributed by atoms with E-state index in [9.17, 15) is 22.0 Å². The molecule has 0 spiro atoms. The van der Waals surface area contributed by atoms with Gasteiger partial charge in [-0.25, -0.2) is 22.2 Å². The third-order valence-electron chi connectivity index (χ3n) is 7.72. The van der Waals surface area contributed by atoms with E-state index in [-0.39, 0.29) is 31.7 Å². The molecular weight excluding hydrogens is 572 g/mol. The number of hydrogen-bond donors (Lipinski definition) is 3. The fraction of sp³-hybridized carbons (Fsp3) is 0.500. The Balaban J connectivity index is 1.45. The highest BCUT2D eigenvalue weighted by molar-refractivity contribution is 7.92. The lowest BCUT2D eigenvalue weighted by molar-refractivity contribution is -0.0222. The number of aliphatic hydroxyl groups excluding tert-OH is 1. The van der Waals surface area contributed by atoms with Crippen LogP contribution in [0, 0.1) is 0 Å². The van der Waals surface area contributed by atoms with Crippen molar-refractivity contribution in [3.05, 3.63) is 42.2 Å². The van der Waals surface area contributed by atoms with E-state index in [1.54, 1.807) is 39.9 Å². The second-order valence-corrected chi connectivity index (χ2v) is 18.6. The molecule has 222 valence electrons. The first-order valence-electron chi connectivity index (χ1n) is 13.6. The third kappa shape index (κ3) is 6.78. The van der Waals surface area contributed by atoms with Gasteiger partial charge in [0.2, 0.25) is 16.0 Å². The number of rotatable bonds is 8. The maximum atomic E-state index is 13.8. The maximum Gasteiger partial charge on any atom is 0.258 e. The molecule has 0 aliphatic carbocycles. The van der Waals surface area contributed by atoms with Gasteiger partial charge in [-0.2, -0.15) is 4.98 Å². The number of hydrogen-bond acceptors (Lipinski definition) is 8. The molecule has 15 heteroatoms. The molecule has 4 heterocycles. The smallest absolute Gasteiger partial charge is 0.258 e. The van der Waals surface area contributed by atoms with Crippen molar-refractivity contribution in [2.24, 2.45) is 0 Å². The molecule has 11 nitrogen and oxygen atoms in total. The van der Waals surface area contributed by atoms with Gasteiger partial charge in [-0.3, -0.25) is 13.9 Å². The normalized spacial score (nSPS) is 18.9. The van der Waals surface area contributed by atoms with Crippen LogP contribution in [0.25, 0.3) is 5.65 Å². The number of nitrogens with one attached hydrogen (secondary N) is 2. The number of carbonyl (C=O) groups is 1. The number of aromatic nitrogens is 3. The summed E-state index contributed by atoms with van der Waals surface area (Å²) in [6.07, 6.45) is 2.72. The van der Waals surface area contributed by atoms with E-state index in [4.69, 9.17) is 5.11 Å². The van der Waals surface area contributed by atoms with E-state index in [1.807, 2.05) is 0 Å². The van der Waals surface area contributed by atoms with Gasteiger partial charge >= 0.3 is 0 Å². The van der Waals surface area contributed by atoms with Crippen molar-refractivity contribution in [1.82, 2.24) is 14.4 Å². The number of aliphatic hydroxyl groups is 1. The number of alkyl halides is 2. The molecule has 0 unspecified atom stereocenters. The van der Waals surface area contributed by atoms with Gasteiger partial charge in [0.1, 0.15) is 11.5 Å². The zero-order chi connectivity index (χ0) is 29.4. The van der Waals surface area contributed by atoms with Crippen LogP contribution >= 0.6 is 0 Å². The van der Waals surface area contributed by atoms with Gasteiger partial charge in [0, 0.05) is 57.5 Å². The Morgan fingerprint density at radius 1 is 1.10 bits per heavy atom. The SMILES string of the molecule is C[Si]1(C)CCN(c2cc(NS(=O)(=O)CCO)ccc2C(=O)Nc2cc3nccn3c(N3CCC(F)(F)CC3)n2)CC1. The lowest BCUT2D eigenvalue weighted by Crippen LogP contribution is -2.43. The topological polar surface area (TPSA) is 132 Å². The molecule has 2 saturated heterocycles. The van der Waals surface area contributed by atoms with Crippen molar-refractivity contribution in [3.8, 4) is 0 Å². The first-order chi connectivity index (χ1) is 19.3. The number of nitrogens with zero attached hydrogens (tertiary/aromatic N) is 5. The van der Waals surface area contributed by atoms with Gasteiger partial charge in [0.25, 0.3) is 11.8 Å². The number of sulfonamides is 1. The monoisotopic (exact) mass is 607 g/mol. The Hall–Kier alpha value is -3.30. The Morgan fingerprint density at radius 2 is 1.80 bits per heavy atom. The minimum Gasteiger partial charge on any atom is -0.395 e. The molecule has 0 radical (unpaired) electrons. The van der Waals surface area contributed by atoms with Gasteiger partial charge < -0.3 is 20.2 Å². The van der Waals surface area contributed by atoms with Gasteiger partial charge in [0.05, 0.1) is 37.4 Å². The van der Waals surface area contributed by atoms with E-state index in [0.29, 0.717) is 28.5 Å². The summed E-state index contributed by atoms with van der Waals surface area (Å²) in [7, 11) is -5.09. The Morgan fingerprint density at radius 3 is 2.49 bits per heavy atom. The number of imidazole rings is 1. The molecule has 0 atom stereocenters. The van der Waals surface area contributed by atoms with Gasteiger partial charge in [0.15, 0.2) is 0 Å². The number of piperidine rings is 1. The van der Waals surface area contributed by atoms with Crippen LogP contribution in [0.15, 0.2) is 36.7 Å². The largest absolute Gasteiger partial charge is 0.395 e. The molecule has 0 bridgehead atoms. The van der Waals surface area contributed by atoms with Crippen LogP contribution in [0.2, 0.25) is 25.2 Å². The van der Waals surface area contributed by atoms with Crippen LogP contribution in [0.3, 0.4) is 0 Å². The van der Waals surface area contributed by atoms with Crippen molar-refractivity contribution in [1.29, 1.82) is 0 Å². The van der Waals surface area contributed by atoms with Crippen molar-refractivity contribution in [2.45, 2.75) is 43.9 Å². The molecular formula is C26H35F2N7O4SSi. The van der Waals surface area contributed by atoms with Crippen LogP contribution in [0.5, 0.6) is 0 Å². The van der Waals surface area contributed by atoms with Crippen molar-refractivity contribution in [2.75, 3.05) is 58.4 Å². The minimum atomic E-state index is -3.75. The van der Waals surface area contributed by atoms with Gasteiger partial charge in [-0.15, -0.1) is 0 Å². The Kier molecular flexibility index (Phi) is 7.96. The average Bonchev–Trinajstić information content (AvgIpc) is 3.37. The van der Waals surface area contributed by atoms with E-state index < -0.39 is 42.3 Å². The van der Waals surface area contributed by atoms with Crippen LogP contribution in [-0.2, 0) is 10.0 Å². The summed E-state index contributed by atoms with van der Waals surface area (Å²) in [5, 5.41) is 11.9. The molecule has 2 aromatic heterocycles. The van der Waals surface area contributed by atoms with Gasteiger partial charge in [-0.05, 0) is 30.3 Å². The standard InChI is InChI=1S/C26H35F2N7O4SSi/c1-41(2)15-11-33(12-16-41)21-17-19(32-40(38,39)14-13-36)3-4-20(21)24(37)30-22-18-23-29-7-10-35(23)25(31-22)34-8-5-26(27,28)6-9-34/h3-4,7,10,17-18,32,36H,5-6,8-9,11-16H2,1-2H3,(H,30,37). The van der Waals surface area contributed by atoms with E-state index in [1.165, 1.54) is 6.07 Å². The molecule has 3 aromatic rings. The number of halogens is 2. The highest BCUT2D eigenvalue weighted by Gasteiger charge is 2.35. The second kappa shape index (κ2) is 11.2. The van der Waals surface area contributed by atoms with Crippen LogP contribution in [-0.4, -0.2) is 86.3 Å². The predicted molar refractivity (Wildman–Crippen MR) is 158 cm³/mol. The first-order valence-corrected chi connectivity index (χ1v) is 18.7. The number of fused-ring (bicyclic) bond motifs is 1. The van der Waals surface area contributed by atoms with Crippen molar-refractivity contribution >= 4 is 52.8 Å². The lowest BCUT2D eigenvalue weighted by atomic mass is 10.1. The highest BCUT2D eigenvalue weighted by atomic mass is 32.2. The predicted octanol–water partition coefficient (Wildman–Crippen LogP) is 3.48. The molecule has 41 heavy (non-hydrogen) atoms. The average molecular weight is 608 g/mol. The highest BCUT2D eigenvalue weighted by Crippen LogP contribution is 2.33. The van der Waals surface area contributed by atoms with Gasteiger partial charge in [-0.1, -0.05) is 13.1 Å². The fourth-order valence-corrected chi connectivity index (χ4v) is 7.99. The van der Waals surface area contributed by atoms with E-state index >= 15 is 0 Å². The zero-order valence-electron chi connectivity index (χ0n) is 23.1. The zero-order valence-corrected chi connectivity index (χ0v) is 24.9. The molecule has 1 amide bonds. The summed E-state index contributed by atoms with van der Waals surface area (Å²) in [6.45, 7) is 5.88. The number of amides is 1. The Labute approximate surface area is 238 Å². The van der Waals surface area contributed by atoms with Crippen molar-refractivity contribution < 1.29 is 27.1 Å². The summed E-state index contributed by atoms with van der Waals surface area (Å²) < 4.78 is 56.4. The summed E-state index contributed by atoms with van der Waals surface area (Å²) in [6, 6.07) is 8.41. The lowest BCUT2D eigenvalue weighted by Gasteiger charge is -2.38. The summed E-state index contributed by atoms with van der Waals surface area (Å²) in [5.41, 5.74) is 1.75. The first kappa shape index (κ1) is 29.2. The third-order valence-corrected chi connectivity index (χ3v) is 12.1. The molecule has 2 aliphatic heterocycles. The van der Waals surface area contributed by atoms with Crippen molar-refractivity contribution in [3.63, 3.8) is 0 Å². The summed E-state index contributed by atoms with van der Waals surface area (Å²) >= 11 is 0. The Bertz CT molecular complexity index is 1530. The van der Waals surface area contributed by atoms with Crippen LogP contribution in [0.1, 0.15) is 23.2 Å². The molecule has 0 saturated carbocycles. The minimum absolute atomic E-state index is 0.122. The summed E-state index contributed by atoms with van der Waals surface area (Å²) in [5.74, 6) is -2.94. The molecule has 1 aromatic carbocycles. The van der Waals surface area contributed by atoms with Crippen LogP contribution in [0.4, 0.5) is 31.9 Å².